The third-order valence-corrected chi connectivity index (χ3v) is 9.11. The van der Waals surface area contributed by atoms with Crippen LogP contribution in [0.2, 0.25) is 0 Å². The van der Waals surface area contributed by atoms with Gasteiger partial charge in [0, 0.05) is 76.2 Å². The van der Waals surface area contributed by atoms with Crippen LogP contribution in [0.5, 0.6) is 0 Å². The van der Waals surface area contributed by atoms with Crippen molar-refractivity contribution in [2.75, 3.05) is 19.8 Å². The average Bonchev–Trinajstić information content (AvgIpc) is 3.17. The van der Waals surface area contributed by atoms with E-state index >= 15 is 0 Å². The van der Waals surface area contributed by atoms with Crippen LogP contribution in [0.1, 0.15) is 76.2 Å². The molecule has 3 heterocycles. The van der Waals surface area contributed by atoms with Gasteiger partial charge in [0.15, 0.2) is 67.5 Å². The van der Waals surface area contributed by atoms with Gasteiger partial charge in [-0.2, -0.15) is 0 Å². The molecule has 0 bridgehead atoms. The van der Waals surface area contributed by atoms with Crippen molar-refractivity contribution in [2.24, 2.45) is 0 Å². The van der Waals surface area contributed by atoms with Gasteiger partial charge in [-0.3, -0.25) is 52.7 Å². The predicted octanol–water partition coefficient (Wildman–Crippen LogP) is -1.29. The highest BCUT2D eigenvalue weighted by Crippen LogP contribution is 2.38. The Labute approximate surface area is 382 Å². The van der Waals surface area contributed by atoms with Crippen molar-refractivity contribution in [3.63, 3.8) is 0 Å². The Bertz CT molecular complexity index is 1850. The van der Waals surface area contributed by atoms with Gasteiger partial charge in [0.2, 0.25) is 6.29 Å². The first-order chi connectivity index (χ1) is 31.3. The lowest BCUT2D eigenvalue weighted by Crippen LogP contribution is -2.69. The van der Waals surface area contributed by atoms with Gasteiger partial charge in [0.1, 0.15) is 38.1 Å². The summed E-state index contributed by atoms with van der Waals surface area (Å²) in [6.07, 6.45) is -28.0. The highest BCUT2D eigenvalue weighted by molar-refractivity contribution is 5.70. The van der Waals surface area contributed by atoms with Gasteiger partial charge in [-0.25, -0.2) is 0 Å². The molecule has 3 rings (SSSR count). The van der Waals surface area contributed by atoms with E-state index in [2.05, 4.69) is 0 Å². The standard InChI is InChI=1S/C40H54O27/c1-15(41)52-12-26-30(56-19(5)45)33(59-22(8)48)36(38(63-26)62-25(11)51)66-40-37(34(60-23(9)49)31(57-20(6)46)28(65-40)14-54-17(3)43)67-39-35(61-24(10)50)32(58-21(7)47)29(55-18(4)44)27(64-39)13-53-16(2)42/h26-40H,12-14H2,1-11H3/t26-,27-,28-,29-,30-,31-,32+,33+,34+,35+,36+,37+,38+,39-,40-/m1/s1. The molecule has 0 N–H and O–H groups in total. The molecule has 67 heavy (non-hydrogen) atoms. The minimum absolute atomic E-state index is 0.673. The largest absolute Gasteiger partial charge is 0.463 e. The summed E-state index contributed by atoms with van der Waals surface area (Å²) in [6.45, 7) is 8.55. The van der Waals surface area contributed by atoms with E-state index in [1.54, 1.807) is 0 Å². The molecule has 3 aliphatic rings. The molecule has 3 saturated heterocycles. The van der Waals surface area contributed by atoms with Gasteiger partial charge in [0.05, 0.1) is 0 Å². The zero-order valence-corrected chi connectivity index (χ0v) is 38.3. The normalized spacial score (nSPS) is 31.2. The van der Waals surface area contributed by atoms with Crippen molar-refractivity contribution in [3.8, 4) is 0 Å². The molecule has 27 heteroatoms. The maximum absolute atomic E-state index is 13.0. The Morgan fingerprint density at radius 2 is 0.493 bits per heavy atom. The van der Waals surface area contributed by atoms with Crippen LogP contribution < -0.4 is 0 Å². The number of hydrogen-bond acceptors (Lipinski definition) is 27. The molecule has 15 atom stereocenters. The zero-order chi connectivity index (χ0) is 50.4. The minimum Gasteiger partial charge on any atom is -0.463 e. The fraction of sp³-hybridized carbons (Fsp3) is 0.725. The Morgan fingerprint density at radius 3 is 0.776 bits per heavy atom. The number of esters is 11. The summed E-state index contributed by atoms with van der Waals surface area (Å²) in [5.41, 5.74) is 0. The summed E-state index contributed by atoms with van der Waals surface area (Å²) in [6, 6.07) is 0. The van der Waals surface area contributed by atoms with Crippen LogP contribution in [0.15, 0.2) is 0 Å². The van der Waals surface area contributed by atoms with E-state index in [9.17, 15) is 52.7 Å². The van der Waals surface area contributed by atoms with Crippen molar-refractivity contribution in [1.82, 2.24) is 0 Å². The molecule has 0 aromatic carbocycles. The smallest absolute Gasteiger partial charge is 0.305 e. The van der Waals surface area contributed by atoms with E-state index in [0.717, 1.165) is 76.2 Å². The maximum Gasteiger partial charge on any atom is 0.305 e. The van der Waals surface area contributed by atoms with Gasteiger partial charge in [-0.1, -0.05) is 0 Å². The van der Waals surface area contributed by atoms with Crippen molar-refractivity contribution in [3.05, 3.63) is 0 Å². The van der Waals surface area contributed by atoms with E-state index in [-0.39, 0.29) is 0 Å². The van der Waals surface area contributed by atoms with Gasteiger partial charge >= 0.3 is 65.7 Å². The molecule has 376 valence electrons. The molecule has 27 nitrogen and oxygen atoms in total. The van der Waals surface area contributed by atoms with Crippen LogP contribution in [0.3, 0.4) is 0 Å². The first-order valence-electron chi connectivity index (χ1n) is 20.3. The van der Waals surface area contributed by atoms with Crippen LogP contribution in [0, 0.1) is 0 Å². The van der Waals surface area contributed by atoms with E-state index in [1.807, 2.05) is 0 Å². The summed E-state index contributed by atoms with van der Waals surface area (Å²) >= 11 is 0. The summed E-state index contributed by atoms with van der Waals surface area (Å²) in [5, 5.41) is 0. The summed E-state index contributed by atoms with van der Waals surface area (Å²) in [4.78, 5) is 137. The van der Waals surface area contributed by atoms with Crippen molar-refractivity contribution in [1.29, 1.82) is 0 Å². The molecule has 3 aliphatic heterocycles. The van der Waals surface area contributed by atoms with Gasteiger partial charge in [0.25, 0.3) is 0 Å². The van der Waals surface area contributed by atoms with Crippen molar-refractivity contribution >= 4 is 65.7 Å². The molecule has 0 radical (unpaired) electrons. The van der Waals surface area contributed by atoms with Gasteiger partial charge in [-0.05, 0) is 0 Å². The lowest BCUT2D eigenvalue weighted by Gasteiger charge is -2.50. The predicted molar refractivity (Wildman–Crippen MR) is 206 cm³/mol. The molecule has 0 amide bonds. The summed E-state index contributed by atoms with van der Waals surface area (Å²) < 4.78 is 90.7. The minimum atomic E-state index is -2.17. The van der Waals surface area contributed by atoms with E-state index in [0.29, 0.717) is 0 Å². The molecule has 0 saturated carbocycles. The topological polar surface area (TPSA) is 335 Å². The fourth-order valence-corrected chi connectivity index (χ4v) is 7.01. The molecular formula is C40H54O27. The monoisotopic (exact) mass is 966 g/mol. The molecular weight excluding hydrogens is 912 g/mol. The van der Waals surface area contributed by atoms with Gasteiger partial charge in [-0.15, -0.1) is 0 Å². The second kappa shape index (κ2) is 25.2. The highest BCUT2D eigenvalue weighted by Gasteiger charge is 2.60. The summed E-state index contributed by atoms with van der Waals surface area (Å²) in [7, 11) is 0. The number of hydrogen-bond donors (Lipinski definition) is 0. The Hall–Kier alpha value is -6.03. The Morgan fingerprint density at radius 1 is 0.269 bits per heavy atom. The SMILES string of the molecule is CC(=O)OC[C@H]1O[C@H](O[C@@H]2[C@@H](O[C@@H]3[C@@H](OC(C)=O)O[C@H](COC(C)=O)[C@@H](OC(C)=O)[C@@H]3OC(C)=O)O[C@H](COC(C)=O)[C@@H](OC(C)=O)[C@@H]2OC(C)=O)[C@@H](OC(C)=O)[C@@H](OC(C)=O)[C@@H]1OC(C)=O. The summed E-state index contributed by atoms with van der Waals surface area (Å²) in [5.74, 6) is -10.8. The van der Waals surface area contributed by atoms with E-state index < -0.39 is 178 Å². The third-order valence-electron chi connectivity index (χ3n) is 9.11. The van der Waals surface area contributed by atoms with Crippen LogP contribution in [0.25, 0.3) is 0 Å². The van der Waals surface area contributed by atoms with E-state index in [1.165, 1.54) is 0 Å². The van der Waals surface area contributed by atoms with Crippen molar-refractivity contribution in [2.45, 2.75) is 168 Å². The molecule has 3 fully saturated rings. The van der Waals surface area contributed by atoms with Crippen LogP contribution in [-0.2, 0) is 129 Å². The number of ether oxygens (including phenoxy) is 16. The van der Waals surface area contributed by atoms with Gasteiger partial charge < -0.3 is 75.8 Å². The quantitative estimate of drug-likeness (QED) is 0.114. The second-order valence-corrected chi connectivity index (χ2v) is 14.9. The molecule has 0 aliphatic carbocycles. The average molecular weight is 967 g/mol. The highest BCUT2D eigenvalue weighted by atomic mass is 16.8. The Kier molecular flexibility index (Phi) is 20.8. The molecule has 0 spiro atoms. The van der Waals surface area contributed by atoms with Crippen LogP contribution in [-0.4, -0.2) is 178 Å². The van der Waals surface area contributed by atoms with Crippen LogP contribution >= 0.6 is 0 Å². The lowest BCUT2D eigenvalue weighted by atomic mass is 9.95. The first kappa shape index (κ1) is 55.3. The fourth-order valence-electron chi connectivity index (χ4n) is 7.01. The van der Waals surface area contributed by atoms with Crippen molar-refractivity contribution < 1.29 is 129 Å². The Balaban J connectivity index is 2.40. The lowest BCUT2D eigenvalue weighted by molar-refractivity contribution is -0.391. The number of rotatable bonds is 18. The third kappa shape index (κ3) is 17.0. The first-order valence-corrected chi connectivity index (χ1v) is 20.3. The second-order valence-electron chi connectivity index (χ2n) is 14.9. The van der Waals surface area contributed by atoms with E-state index in [4.69, 9.17) is 75.8 Å². The molecule has 0 unspecified atom stereocenters. The molecule has 0 aromatic heterocycles. The number of carbonyl (C=O) groups excluding carboxylic acids is 11. The number of carbonyl (C=O) groups is 11. The van der Waals surface area contributed by atoms with Crippen LogP contribution in [0.4, 0.5) is 0 Å². The maximum atomic E-state index is 13.0. The molecule has 0 aromatic rings. The zero-order valence-electron chi connectivity index (χ0n) is 38.3.